The zero-order valence-corrected chi connectivity index (χ0v) is 10.6. The van der Waals surface area contributed by atoms with E-state index in [0.29, 0.717) is 24.7 Å². The van der Waals surface area contributed by atoms with Crippen LogP contribution in [0.4, 0.5) is 0 Å². The zero-order chi connectivity index (χ0) is 13.0. The first kappa shape index (κ1) is 12.7. The van der Waals surface area contributed by atoms with Crippen LogP contribution in [-0.4, -0.2) is 23.4 Å². The smallest absolute Gasteiger partial charge is 0.257 e. The van der Waals surface area contributed by atoms with E-state index in [9.17, 15) is 0 Å². The van der Waals surface area contributed by atoms with Crippen LogP contribution in [0.25, 0.3) is 11.5 Å². The molecule has 0 aliphatic heterocycles. The van der Waals surface area contributed by atoms with E-state index in [2.05, 4.69) is 10.1 Å². The number of ether oxygens (including phenoxy) is 1. The molecule has 18 heavy (non-hydrogen) atoms. The van der Waals surface area contributed by atoms with Gasteiger partial charge in [-0.3, -0.25) is 0 Å². The molecule has 0 aliphatic carbocycles. The molecule has 2 aromatic rings. The van der Waals surface area contributed by atoms with Crippen molar-refractivity contribution < 1.29 is 9.26 Å². The molecule has 0 saturated heterocycles. The predicted molar refractivity (Wildman–Crippen MR) is 67.8 cm³/mol. The lowest BCUT2D eigenvalue weighted by molar-refractivity contribution is 0.116. The van der Waals surface area contributed by atoms with Gasteiger partial charge in [0, 0.05) is 25.6 Å². The summed E-state index contributed by atoms with van der Waals surface area (Å²) in [5.74, 6) is 1.18. The molecule has 2 N–H and O–H groups in total. The predicted octanol–water partition coefficient (Wildman–Crippen LogP) is 1.77. The van der Waals surface area contributed by atoms with Gasteiger partial charge in [0.15, 0.2) is 5.82 Å². The Labute approximate surface area is 106 Å². The number of nitrogens with two attached hydrogens (primary N) is 1. The van der Waals surface area contributed by atoms with E-state index in [1.54, 1.807) is 7.11 Å². The number of aromatic nitrogens is 2. The highest BCUT2D eigenvalue weighted by Gasteiger charge is 2.11. The van der Waals surface area contributed by atoms with Crippen molar-refractivity contribution in [1.29, 1.82) is 0 Å². The third-order valence-corrected chi connectivity index (χ3v) is 2.78. The summed E-state index contributed by atoms with van der Waals surface area (Å²) in [6, 6.07) is 7.77. The first-order valence-corrected chi connectivity index (χ1v) is 5.87. The van der Waals surface area contributed by atoms with Crippen LogP contribution in [0.1, 0.15) is 18.3 Å². The van der Waals surface area contributed by atoms with Crippen LogP contribution in [0.15, 0.2) is 28.8 Å². The van der Waals surface area contributed by atoms with Crippen LogP contribution < -0.4 is 5.73 Å². The molecule has 0 spiro atoms. The van der Waals surface area contributed by atoms with Crippen molar-refractivity contribution in [2.24, 2.45) is 5.73 Å². The highest BCUT2D eigenvalue weighted by Crippen LogP contribution is 2.18. The number of methoxy groups -OCH3 is 1. The first-order chi connectivity index (χ1) is 8.72. The number of hydrogen-bond acceptors (Lipinski definition) is 5. The van der Waals surface area contributed by atoms with Crippen molar-refractivity contribution in [1.82, 2.24) is 10.1 Å². The third-order valence-electron chi connectivity index (χ3n) is 2.78. The molecule has 0 fully saturated rings. The Morgan fingerprint density at radius 2 is 2.06 bits per heavy atom. The van der Waals surface area contributed by atoms with E-state index in [1.165, 1.54) is 0 Å². The van der Waals surface area contributed by atoms with Crippen LogP contribution >= 0.6 is 0 Å². The number of benzene rings is 1. The molecule has 0 radical (unpaired) electrons. The van der Waals surface area contributed by atoms with Crippen molar-refractivity contribution in [2.75, 3.05) is 7.11 Å². The van der Waals surface area contributed by atoms with E-state index >= 15 is 0 Å². The van der Waals surface area contributed by atoms with Gasteiger partial charge in [-0.1, -0.05) is 17.3 Å². The molecule has 2 rings (SSSR count). The van der Waals surface area contributed by atoms with Gasteiger partial charge in [0.25, 0.3) is 5.89 Å². The van der Waals surface area contributed by atoms with Gasteiger partial charge >= 0.3 is 0 Å². The Morgan fingerprint density at radius 3 is 2.67 bits per heavy atom. The maximum Gasteiger partial charge on any atom is 0.257 e. The Bertz CT molecular complexity index is 493. The van der Waals surface area contributed by atoms with Gasteiger partial charge in [0.05, 0.1) is 6.10 Å². The number of nitrogens with zero attached hydrogens (tertiary/aromatic N) is 2. The fourth-order valence-corrected chi connectivity index (χ4v) is 1.58. The molecular weight excluding hydrogens is 230 g/mol. The van der Waals surface area contributed by atoms with Crippen LogP contribution in [0, 0.1) is 0 Å². The molecule has 0 amide bonds. The highest BCUT2D eigenvalue weighted by molar-refractivity contribution is 5.53. The second kappa shape index (κ2) is 5.75. The first-order valence-electron chi connectivity index (χ1n) is 5.87. The lowest BCUT2D eigenvalue weighted by Gasteiger charge is -2.03. The topological polar surface area (TPSA) is 74.2 Å². The van der Waals surface area contributed by atoms with Crippen molar-refractivity contribution in [3.63, 3.8) is 0 Å². The van der Waals surface area contributed by atoms with Crippen molar-refractivity contribution in [3.05, 3.63) is 35.7 Å². The van der Waals surface area contributed by atoms with Crippen molar-refractivity contribution in [2.45, 2.75) is 26.0 Å². The SMILES string of the molecule is COC(C)Cc1noc(-c2ccc(CN)cc2)n1. The molecule has 0 bridgehead atoms. The van der Waals surface area contributed by atoms with Crippen LogP contribution in [-0.2, 0) is 17.7 Å². The summed E-state index contributed by atoms with van der Waals surface area (Å²) in [5, 5.41) is 3.93. The average molecular weight is 247 g/mol. The van der Waals surface area contributed by atoms with Gasteiger partial charge in [-0.05, 0) is 24.6 Å². The molecule has 1 unspecified atom stereocenters. The second-order valence-corrected chi connectivity index (χ2v) is 4.17. The van der Waals surface area contributed by atoms with E-state index in [-0.39, 0.29) is 6.10 Å². The Morgan fingerprint density at radius 1 is 1.33 bits per heavy atom. The summed E-state index contributed by atoms with van der Waals surface area (Å²) >= 11 is 0. The van der Waals surface area contributed by atoms with Gasteiger partial charge in [-0.2, -0.15) is 4.98 Å². The Balaban J connectivity index is 2.13. The summed E-state index contributed by atoms with van der Waals surface area (Å²) in [5.41, 5.74) is 7.52. The molecule has 1 aromatic heterocycles. The van der Waals surface area contributed by atoms with Gasteiger partial charge in [-0.15, -0.1) is 0 Å². The van der Waals surface area contributed by atoms with E-state index in [1.807, 2.05) is 31.2 Å². The normalized spacial score (nSPS) is 12.6. The van der Waals surface area contributed by atoms with Crippen molar-refractivity contribution >= 4 is 0 Å². The second-order valence-electron chi connectivity index (χ2n) is 4.17. The molecular formula is C13H17N3O2. The van der Waals surface area contributed by atoms with Crippen LogP contribution in [0.5, 0.6) is 0 Å². The summed E-state index contributed by atoms with van der Waals surface area (Å²) < 4.78 is 10.4. The number of hydrogen-bond donors (Lipinski definition) is 1. The zero-order valence-electron chi connectivity index (χ0n) is 10.6. The van der Waals surface area contributed by atoms with Gasteiger partial charge < -0.3 is 15.0 Å². The molecule has 1 aromatic carbocycles. The van der Waals surface area contributed by atoms with Crippen molar-refractivity contribution in [3.8, 4) is 11.5 Å². The summed E-state index contributed by atoms with van der Waals surface area (Å²) in [7, 11) is 1.66. The van der Waals surface area contributed by atoms with E-state index in [0.717, 1.165) is 11.1 Å². The lowest BCUT2D eigenvalue weighted by Crippen LogP contribution is -2.09. The molecule has 5 nitrogen and oxygen atoms in total. The van der Waals surface area contributed by atoms with Crippen LogP contribution in [0.3, 0.4) is 0 Å². The van der Waals surface area contributed by atoms with Gasteiger partial charge in [-0.25, -0.2) is 0 Å². The van der Waals surface area contributed by atoms with Gasteiger partial charge in [0.2, 0.25) is 0 Å². The Hall–Kier alpha value is -1.72. The average Bonchev–Trinajstić information content (AvgIpc) is 2.87. The summed E-state index contributed by atoms with van der Waals surface area (Å²) in [6.45, 7) is 2.49. The maximum absolute atomic E-state index is 5.55. The van der Waals surface area contributed by atoms with Crippen LogP contribution in [0.2, 0.25) is 0 Å². The molecule has 5 heteroatoms. The fourth-order valence-electron chi connectivity index (χ4n) is 1.58. The quantitative estimate of drug-likeness (QED) is 0.871. The molecule has 0 saturated carbocycles. The molecule has 1 heterocycles. The van der Waals surface area contributed by atoms with E-state index in [4.69, 9.17) is 15.0 Å². The minimum atomic E-state index is 0.0788. The monoisotopic (exact) mass is 247 g/mol. The van der Waals surface area contributed by atoms with E-state index < -0.39 is 0 Å². The molecule has 0 aliphatic rings. The molecule has 96 valence electrons. The standard InChI is InChI=1S/C13H17N3O2/c1-9(17-2)7-12-15-13(18-16-12)11-5-3-10(8-14)4-6-11/h3-6,9H,7-8,14H2,1-2H3. The highest BCUT2D eigenvalue weighted by atomic mass is 16.5. The maximum atomic E-state index is 5.55. The summed E-state index contributed by atoms with van der Waals surface area (Å²) in [4.78, 5) is 4.33. The number of rotatable bonds is 5. The Kier molecular flexibility index (Phi) is 4.07. The largest absolute Gasteiger partial charge is 0.381 e. The lowest BCUT2D eigenvalue weighted by atomic mass is 10.1. The molecule has 1 atom stereocenters. The van der Waals surface area contributed by atoms with Gasteiger partial charge in [0.1, 0.15) is 0 Å². The summed E-state index contributed by atoms with van der Waals surface area (Å²) in [6.07, 6.45) is 0.719. The minimum absolute atomic E-state index is 0.0788. The third kappa shape index (κ3) is 2.94. The minimum Gasteiger partial charge on any atom is -0.381 e. The fraction of sp³-hybridized carbons (Fsp3) is 0.385.